The molecule has 4 aliphatic carbocycles. The predicted octanol–water partition coefficient (Wildman–Crippen LogP) is 7.58. The smallest absolute Gasteiger partial charge is 0.338 e. The van der Waals surface area contributed by atoms with Gasteiger partial charge in [0.25, 0.3) is 0 Å². The van der Waals surface area contributed by atoms with Crippen LogP contribution in [0.5, 0.6) is 0 Å². The van der Waals surface area contributed by atoms with Crippen molar-refractivity contribution in [3.8, 4) is 12.8 Å². The Kier molecular flexibility index (Phi) is 8.22. The van der Waals surface area contributed by atoms with Gasteiger partial charge in [-0.2, -0.15) is 0 Å². The van der Waals surface area contributed by atoms with Gasteiger partial charge in [-0.3, -0.25) is 0 Å². The molecule has 2 aromatic rings. The van der Waals surface area contributed by atoms with Crippen LogP contribution in [0, 0.1) is 47.3 Å². The van der Waals surface area contributed by atoms with Crippen LogP contribution < -0.4 is 0 Å². The Morgan fingerprint density at radius 1 is 0.846 bits per heavy atom. The van der Waals surface area contributed by atoms with Crippen molar-refractivity contribution in [2.75, 3.05) is 0 Å². The van der Waals surface area contributed by atoms with Crippen LogP contribution in [-0.4, -0.2) is 23.3 Å². The highest BCUT2D eigenvalue weighted by Crippen LogP contribution is 2.66. The molecule has 208 valence electrons. The van der Waals surface area contributed by atoms with E-state index in [1.165, 1.54) is 32.1 Å². The Hall–Kier alpha value is -2.61. The molecule has 0 heterocycles. The summed E-state index contributed by atoms with van der Waals surface area (Å²) in [5.74, 6) is 2.61. The molecule has 39 heavy (non-hydrogen) atoms. The molecule has 0 aromatic heterocycles. The zero-order valence-corrected chi connectivity index (χ0v) is 23.5. The molecule has 9 atom stereocenters. The summed E-state index contributed by atoms with van der Waals surface area (Å²) in [7, 11) is 0. The van der Waals surface area contributed by atoms with Crippen molar-refractivity contribution in [3.63, 3.8) is 0 Å². The number of carbonyl (C=O) groups is 1. The summed E-state index contributed by atoms with van der Waals surface area (Å²) in [6, 6.07) is 19.2. The minimum Gasteiger partial charge on any atom is -0.458 e. The van der Waals surface area contributed by atoms with E-state index in [2.05, 4.69) is 26.7 Å². The summed E-state index contributed by atoms with van der Waals surface area (Å²) < 4.78 is 12.4. The van der Waals surface area contributed by atoms with Crippen molar-refractivity contribution in [3.05, 3.63) is 71.8 Å². The van der Waals surface area contributed by atoms with Crippen molar-refractivity contribution < 1.29 is 19.4 Å². The third-order valence-electron chi connectivity index (χ3n) is 11.2. The average Bonchev–Trinajstić information content (AvgIpc) is 3.31. The molecule has 4 nitrogen and oxygen atoms in total. The molecule has 0 amide bonds. The zero-order chi connectivity index (χ0) is 27.6. The SMILES string of the molecule is C#C.C[C@]12CCC(OC(O)c3ccccc3)CC1CCC1C2CC[C@]2(C)C(OC(=O)c3ccccc3)CCC12. The lowest BCUT2D eigenvalue weighted by Crippen LogP contribution is -2.54. The van der Waals surface area contributed by atoms with Gasteiger partial charge >= 0.3 is 5.97 Å². The summed E-state index contributed by atoms with van der Waals surface area (Å²) in [4.78, 5) is 12.9. The van der Waals surface area contributed by atoms with Crippen molar-refractivity contribution in [2.24, 2.45) is 34.5 Å². The summed E-state index contributed by atoms with van der Waals surface area (Å²) in [5.41, 5.74) is 1.94. The van der Waals surface area contributed by atoms with E-state index < -0.39 is 6.29 Å². The molecule has 0 bridgehead atoms. The molecule has 1 N–H and O–H groups in total. The lowest BCUT2D eigenvalue weighted by Gasteiger charge is -2.61. The molecule has 4 heteroatoms. The molecule has 0 saturated heterocycles. The number of ether oxygens (including phenoxy) is 2. The quantitative estimate of drug-likeness (QED) is 0.247. The second-order valence-corrected chi connectivity index (χ2v) is 12.8. The Balaban J connectivity index is 0.00000151. The van der Waals surface area contributed by atoms with Gasteiger partial charge in [-0.05, 0) is 99.0 Å². The van der Waals surface area contributed by atoms with Crippen molar-refractivity contribution >= 4 is 5.97 Å². The van der Waals surface area contributed by atoms with Gasteiger partial charge in [0.1, 0.15) is 6.10 Å². The maximum atomic E-state index is 12.9. The largest absolute Gasteiger partial charge is 0.458 e. The van der Waals surface area contributed by atoms with Gasteiger partial charge in [0.15, 0.2) is 6.29 Å². The number of hydrogen-bond donors (Lipinski definition) is 1. The first kappa shape index (κ1) is 27.9. The molecular weight excluding hydrogens is 484 g/mol. The van der Waals surface area contributed by atoms with Crippen LogP contribution in [0.1, 0.15) is 93.8 Å². The number of carbonyl (C=O) groups excluding carboxylic acids is 1. The maximum absolute atomic E-state index is 12.9. The molecule has 4 saturated carbocycles. The number of hydrogen-bond acceptors (Lipinski definition) is 4. The monoisotopic (exact) mass is 528 g/mol. The van der Waals surface area contributed by atoms with E-state index in [4.69, 9.17) is 9.47 Å². The van der Waals surface area contributed by atoms with Crippen molar-refractivity contribution in [1.29, 1.82) is 0 Å². The number of aliphatic hydroxyl groups excluding tert-OH is 1. The highest BCUT2D eigenvalue weighted by molar-refractivity contribution is 5.89. The Bertz CT molecular complexity index is 1130. The first-order valence-corrected chi connectivity index (χ1v) is 14.9. The number of aliphatic hydroxyl groups is 1. The van der Waals surface area contributed by atoms with Crippen LogP contribution in [-0.2, 0) is 9.47 Å². The maximum Gasteiger partial charge on any atom is 0.338 e. The normalized spacial score (nSPS) is 37.7. The summed E-state index contributed by atoms with van der Waals surface area (Å²) in [5, 5.41) is 10.7. The standard InChI is InChI=1S/C33H42O4.C2H2/c1-32-19-17-25(36-30(34)22-9-5-3-6-10-22)21-24(32)13-14-26-27-15-16-29(33(27,2)20-18-28(26)32)37-31(35)23-11-7-4-8-12-23;1-2/h3-12,24-30,34H,13-21H2,1-2H3;1-2H/t24?,25?,26?,27?,28?,29?,30?,32-,33-;/m0./s1. The lowest BCUT2D eigenvalue weighted by atomic mass is 9.45. The van der Waals surface area contributed by atoms with E-state index in [0.717, 1.165) is 43.1 Å². The molecule has 0 aliphatic heterocycles. The van der Waals surface area contributed by atoms with Gasteiger partial charge in [-0.1, -0.05) is 62.4 Å². The molecule has 0 spiro atoms. The number of fused-ring (bicyclic) bond motifs is 5. The average molecular weight is 529 g/mol. The number of rotatable bonds is 5. The first-order chi connectivity index (χ1) is 18.9. The molecule has 0 radical (unpaired) electrons. The second-order valence-electron chi connectivity index (χ2n) is 12.8. The third kappa shape index (κ3) is 5.17. The highest BCUT2D eigenvalue weighted by atomic mass is 16.6. The van der Waals surface area contributed by atoms with Gasteiger partial charge in [0.2, 0.25) is 0 Å². The first-order valence-electron chi connectivity index (χ1n) is 14.9. The molecule has 4 fully saturated rings. The van der Waals surface area contributed by atoms with Crippen LogP contribution in [0.4, 0.5) is 0 Å². The third-order valence-corrected chi connectivity index (χ3v) is 11.2. The minimum atomic E-state index is -0.837. The number of esters is 1. The molecule has 4 aliphatic rings. The van der Waals surface area contributed by atoms with Gasteiger partial charge in [-0.25, -0.2) is 4.79 Å². The van der Waals surface area contributed by atoms with Crippen LogP contribution in [0.15, 0.2) is 60.7 Å². The highest BCUT2D eigenvalue weighted by Gasteiger charge is 2.61. The van der Waals surface area contributed by atoms with E-state index in [-0.39, 0.29) is 23.6 Å². The predicted molar refractivity (Wildman–Crippen MR) is 154 cm³/mol. The van der Waals surface area contributed by atoms with E-state index in [1.807, 2.05) is 60.7 Å². The fourth-order valence-electron chi connectivity index (χ4n) is 9.14. The molecular formula is C35H44O4. The minimum absolute atomic E-state index is 0.0281. The Morgan fingerprint density at radius 3 is 2.21 bits per heavy atom. The molecule has 6 rings (SSSR count). The zero-order valence-electron chi connectivity index (χ0n) is 23.5. The second kappa shape index (κ2) is 11.5. The van der Waals surface area contributed by atoms with Gasteiger partial charge in [-0.15, -0.1) is 12.8 Å². The fraction of sp³-hybridized carbons (Fsp3) is 0.571. The number of terminal acetylenes is 1. The van der Waals surface area contributed by atoms with E-state index in [1.54, 1.807) is 0 Å². The topological polar surface area (TPSA) is 55.8 Å². The van der Waals surface area contributed by atoms with Crippen LogP contribution in [0.2, 0.25) is 0 Å². The van der Waals surface area contributed by atoms with E-state index in [9.17, 15) is 9.90 Å². The van der Waals surface area contributed by atoms with E-state index in [0.29, 0.717) is 22.8 Å². The number of benzene rings is 2. The Morgan fingerprint density at radius 2 is 1.49 bits per heavy atom. The molecule has 2 aromatic carbocycles. The summed E-state index contributed by atoms with van der Waals surface area (Å²) in [6.45, 7) is 4.97. The lowest BCUT2D eigenvalue weighted by molar-refractivity contribution is -0.184. The van der Waals surface area contributed by atoms with Crippen molar-refractivity contribution in [2.45, 2.75) is 90.1 Å². The van der Waals surface area contributed by atoms with Crippen LogP contribution >= 0.6 is 0 Å². The van der Waals surface area contributed by atoms with Gasteiger partial charge < -0.3 is 14.6 Å². The fourth-order valence-corrected chi connectivity index (χ4v) is 9.14. The molecule has 7 unspecified atom stereocenters. The van der Waals surface area contributed by atoms with E-state index >= 15 is 0 Å². The summed E-state index contributed by atoms with van der Waals surface area (Å²) >= 11 is 0. The van der Waals surface area contributed by atoms with Gasteiger partial charge in [0, 0.05) is 11.0 Å². The Labute approximate surface area is 234 Å². The van der Waals surface area contributed by atoms with Crippen molar-refractivity contribution in [1.82, 2.24) is 0 Å². The van der Waals surface area contributed by atoms with Gasteiger partial charge in [0.05, 0.1) is 11.7 Å². The summed E-state index contributed by atoms with van der Waals surface area (Å²) in [6.07, 6.45) is 17.7. The van der Waals surface area contributed by atoms with Crippen LogP contribution in [0.3, 0.4) is 0 Å². The van der Waals surface area contributed by atoms with Crippen LogP contribution in [0.25, 0.3) is 0 Å².